The van der Waals surface area contributed by atoms with Gasteiger partial charge in [0.1, 0.15) is 0 Å². The van der Waals surface area contributed by atoms with Crippen molar-refractivity contribution in [2.24, 2.45) is 0 Å². The van der Waals surface area contributed by atoms with Crippen LogP contribution in [0, 0.1) is 6.92 Å². The van der Waals surface area contributed by atoms with Crippen LogP contribution in [0.15, 0.2) is 30.3 Å². The van der Waals surface area contributed by atoms with E-state index in [1.54, 1.807) is 26.4 Å². The Morgan fingerprint density at radius 3 is 2.14 bits per heavy atom. The maximum atomic E-state index is 6.60. The third-order valence-electron chi connectivity index (χ3n) is 3.29. The van der Waals surface area contributed by atoms with Gasteiger partial charge in [0.2, 0.25) is 0 Å². The minimum absolute atomic E-state index is 0.420. The summed E-state index contributed by atoms with van der Waals surface area (Å²) in [4.78, 5) is 0. The fourth-order valence-corrected chi connectivity index (χ4v) is 3.03. The second kappa shape index (κ2) is 6.78. The SMILES string of the molecule is COc1cc(Cl)c(C(Cl)c2cc(Cl)ccc2C)cc1OC. The van der Waals surface area contributed by atoms with E-state index in [0.29, 0.717) is 21.5 Å². The Bertz CT molecular complexity index is 656. The molecule has 0 saturated carbocycles. The van der Waals surface area contributed by atoms with Gasteiger partial charge in [-0.25, -0.2) is 0 Å². The van der Waals surface area contributed by atoms with Crippen LogP contribution < -0.4 is 9.47 Å². The van der Waals surface area contributed by atoms with Crippen molar-refractivity contribution < 1.29 is 9.47 Å². The lowest BCUT2D eigenvalue weighted by atomic mass is 9.99. The van der Waals surface area contributed by atoms with Crippen molar-refractivity contribution in [3.05, 3.63) is 57.1 Å². The highest BCUT2D eigenvalue weighted by Crippen LogP contribution is 2.41. The highest BCUT2D eigenvalue weighted by atomic mass is 35.5. The Hall–Kier alpha value is -1.09. The first kappa shape index (κ1) is 16.3. The van der Waals surface area contributed by atoms with Crippen LogP contribution in [-0.4, -0.2) is 14.2 Å². The van der Waals surface area contributed by atoms with E-state index in [-0.39, 0.29) is 0 Å². The zero-order valence-corrected chi connectivity index (χ0v) is 14.2. The lowest BCUT2D eigenvalue weighted by Gasteiger charge is -2.17. The number of benzene rings is 2. The van der Waals surface area contributed by atoms with E-state index in [0.717, 1.165) is 16.7 Å². The first-order valence-electron chi connectivity index (χ1n) is 6.29. The van der Waals surface area contributed by atoms with Crippen LogP contribution in [0.3, 0.4) is 0 Å². The molecule has 2 rings (SSSR count). The average molecular weight is 346 g/mol. The molecule has 1 atom stereocenters. The van der Waals surface area contributed by atoms with Gasteiger partial charge in [-0.2, -0.15) is 0 Å². The zero-order valence-electron chi connectivity index (χ0n) is 11.9. The Balaban J connectivity index is 2.52. The minimum atomic E-state index is -0.420. The second-order valence-electron chi connectivity index (χ2n) is 4.59. The molecule has 0 N–H and O–H groups in total. The van der Waals surface area contributed by atoms with Crippen molar-refractivity contribution in [2.75, 3.05) is 14.2 Å². The molecule has 2 aromatic rings. The van der Waals surface area contributed by atoms with E-state index in [4.69, 9.17) is 44.3 Å². The van der Waals surface area contributed by atoms with Gasteiger partial charge < -0.3 is 9.47 Å². The van der Waals surface area contributed by atoms with Gasteiger partial charge in [0, 0.05) is 16.1 Å². The van der Waals surface area contributed by atoms with Gasteiger partial charge in [-0.1, -0.05) is 29.3 Å². The van der Waals surface area contributed by atoms with Gasteiger partial charge in [-0.3, -0.25) is 0 Å². The number of methoxy groups -OCH3 is 2. The molecule has 0 aliphatic carbocycles. The Labute approximate surface area is 139 Å². The van der Waals surface area contributed by atoms with E-state index < -0.39 is 5.38 Å². The molecule has 0 heterocycles. The molecule has 2 nitrogen and oxygen atoms in total. The molecule has 0 aromatic heterocycles. The summed E-state index contributed by atoms with van der Waals surface area (Å²) in [6.45, 7) is 1.98. The molecule has 1 unspecified atom stereocenters. The third kappa shape index (κ3) is 3.39. The Morgan fingerprint density at radius 2 is 1.52 bits per heavy atom. The number of aryl methyl sites for hydroxylation is 1. The zero-order chi connectivity index (χ0) is 15.6. The van der Waals surface area contributed by atoms with E-state index in [1.807, 2.05) is 25.1 Å². The molecule has 0 spiro atoms. The van der Waals surface area contributed by atoms with E-state index in [2.05, 4.69) is 0 Å². The van der Waals surface area contributed by atoms with Crippen molar-refractivity contribution in [2.45, 2.75) is 12.3 Å². The van der Waals surface area contributed by atoms with Crippen molar-refractivity contribution in [1.82, 2.24) is 0 Å². The van der Waals surface area contributed by atoms with Crippen molar-refractivity contribution in [3.8, 4) is 11.5 Å². The molecule has 5 heteroatoms. The van der Waals surface area contributed by atoms with Gasteiger partial charge in [0.25, 0.3) is 0 Å². The van der Waals surface area contributed by atoms with Gasteiger partial charge in [0.05, 0.1) is 19.6 Å². The number of hydrogen-bond donors (Lipinski definition) is 0. The van der Waals surface area contributed by atoms with Crippen LogP contribution in [0.1, 0.15) is 22.1 Å². The molecule has 0 aliphatic heterocycles. The van der Waals surface area contributed by atoms with Crippen molar-refractivity contribution in [3.63, 3.8) is 0 Å². The molecule has 112 valence electrons. The first-order chi connectivity index (χ1) is 9.97. The van der Waals surface area contributed by atoms with E-state index in [9.17, 15) is 0 Å². The quantitative estimate of drug-likeness (QED) is 0.667. The number of hydrogen-bond acceptors (Lipinski definition) is 2. The second-order valence-corrected chi connectivity index (χ2v) is 5.87. The summed E-state index contributed by atoms with van der Waals surface area (Å²) >= 11 is 19.0. The summed E-state index contributed by atoms with van der Waals surface area (Å²) in [6.07, 6.45) is 0. The van der Waals surface area contributed by atoms with E-state index in [1.165, 1.54) is 0 Å². The van der Waals surface area contributed by atoms with Crippen LogP contribution in [0.5, 0.6) is 11.5 Å². The number of ether oxygens (including phenoxy) is 2. The summed E-state index contributed by atoms with van der Waals surface area (Å²) in [5.74, 6) is 1.15. The van der Waals surface area contributed by atoms with Gasteiger partial charge in [-0.05, 0) is 41.8 Å². The number of alkyl halides is 1. The van der Waals surface area contributed by atoms with Crippen LogP contribution in [0.4, 0.5) is 0 Å². The predicted octanol–water partition coefficient (Wildman–Crippen LogP) is 5.65. The maximum Gasteiger partial charge on any atom is 0.162 e. The largest absolute Gasteiger partial charge is 0.493 e. The smallest absolute Gasteiger partial charge is 0.162 e. The lowest BCUT2D eigenvalue weighted by Crippen LogP contribution is -2.00. The molecule has 0 bridgehead atoms. The summed E-state index contributed by atoms with van der Waals surface area (Å²) in [5, 5.41) is 0.737. The standard InChI is InChI=1S/C16H15Cl3O2/c1-9-4-5-10(17)6-11(9)16(19)12-7-14(20-2)15(21-3)8-13(12)18/h4-8,16H,1-3H3. The van der Waals surface area contributed by atoms with Gasteiger partial charge >= 0.3 is 0 Å². The number of halogens is 3. The third-order valence-corrected chi connectivity index (χ3v) is 4.32. The van der Waals surface area contributed by atoms with Crippen LogP contribution in [0.25, 0.3) is 0 Å². The molecule has 0 radical (unpaired) electrons. The summed E-state index contributed by atoms with van der Waals surface area (Å²) in [6, 6.07) is 9.10. The summed E-state index contributed by atoms with van der Waals surface area (Å²) in [5.41, 5.74) is 2.71. The minimum Gasteiger partial charge on any atom is -0.493 e. The fourth-order valence-electron chi connectivity index (χ4n) is 2.12. The molecule has 0 aliphatic rings. The Morgan fingerprint density at radius 1 is 0.905 bits per heavy atom. The molecule has 0 amide bonds. The van der Waals surface area contributed by atoms with Crippen LogP contribution >= 0.6 is 34.8 Å². The first-order valence-corrected chi connectivity index (χ1v) is 7.48. The average Bonchev–Trinajstić information content (AvgIpc) is 2.48. The topological polar surface area (TPSA) is 18.5 Å². The lowest BCUT2D eigenvalue weighted by molar-refractivity contribution is 0.354. The van der Waals surface area contributed by atoms with E-state index >= 15 is 0 Å². The highest BCUT2D eigenvalue weighted by Gasteiger charge is 2.20. The highest BCUT2D eigenvalue weighted by molar-refractivity contribution is 6.33. The molecular weight excluding hydrogens is 331 g/mol. The van der Waals surface area contributed by atoms with Crippen molar-refractivity contribution in [1.29, 1.82) is 0 Å². The normalized spacial score (nSPS) is 12.1. The maximum absolute atomic E-state index is 6.60. The number of rotatable bonds is 4. The predicted molar refractivity (Wildman–Crippen MR) is 88.4 cm³/mol. The van der Waals surface area contributed by atoms with Crippen LogP contribution in [-0.2, 0) is 0 Å². The molecule has 2 aromatic carbocycles. The molecule has 0 saturated heterocycles. The Kier molecular flexibility index (Phi) is 5.26. The van der Waals surface area contributed by atoms with Gasteiger partial charge in [-0.15, -0.1) is 11.6 Å². The summed E-state index contributed by atoms with van der Waals surface area (Å²) in [7, 11) is 3.14. The molecule has 21 heavy (non-hydrogen) atoms. The fraction of sp³-hybridized carbons (Fsp3) is 0.250. The van der Waals surface area contributed by atoms with Crippen molar-refractivity contribution >= 4 is 34.8 Å². The summed E-state index contributed by atoms with van der Waals surface area (Å²) < 4.78 is 10.5. The van der Waals surface area contributed by atoms with Crippen LogP contribution in [0.2, 0.25) is 10.0 Å². The monoisotopic (exact) mass is 344 g/mol. The molecule has 0 fully saturated rings. The van der Waals surface area contributed by atoms with Gasteiger partial charge in [0.15, 0.2) is 11.5 Å². The molecular formula is C16H15Cl3O2.